The molecule has 0 fully saturated rings. The molecule has 0 radical (unpaired) electrons. The number of hydrogen-bond donors (Lipinski definition) is 0. The molecule has 0 unspecified atom stereocenters. The van der Waals surface area contributed by atoms with Crippen LogP contribution in [0.25, 0.3) is 11.1 Å². The van der Waals surface area contributed by atoms with E-state index in [2.05, 4.69) is 30.0 Å². The van der Waals surface area contributed by atoms with Gasteiger partial charge in [-0.3, -0.25) is 4.68 Å². The number of ether oxygens (including phenoxy) is 1. The van der Waals surface area contributed by atoms with E-state index in [1.54, 1.807) is 11.8 Å². The second kappa shape index (κ2) is 4.57. The minimum atomic E-state index is 0.375. The fraction of sp³-hybridized carbons (Fsp3) is 0.385. The summed E-state index contributed by atoms with van der Waals surface area (Å²) in [6.45, 7) is 4.24. The molecule has 2 rings (SSSR count). The lowest BCUT2D eigenvalue weighted by molar-refractivity contribution is 0.396. The van der Waals surface area contributed by atoms with Crippen LogP contribution < -0.4 is 4.74 Å². The standard InChI is InChI=1S/C13H17N3O/c1-9(2)12-5-10(6-13(15-12)17-4)11-7-14-16(3)8-11/h5-9H,1-4H3. The van der Waals surface area contributed by atoms with Gasteiger partial charge in [-0.1, -0.05) is 13.8 Å². The Bertz CT molecular complexity index is 517. The molecule has 0 saturated heterocycles. The zero-order chi connectivity index (χ0) is 12.4. The molecule has 90 valence electrons. The molecule has 0 aromatic carbocycles. The molecule has 17 heavy (non-hydrogen) atoms. The molecular weight excluding hydrogens is 214 g/mol. The lowest BCUT2D eigenvalue weighted by Crippen LogP contribution is -1.96. The van der Waals surface area contributed by atoms with Crippen LogP contribution >= 0.6 is 0 Å². The van der Waals surface area contributed by atoms with Gasteiger partial charge in [0, 0.05) is 30.6 Å². The van der Waals surface area contributed by atoms with E-state index in [4.69, 9.17) is 4.74 Å². The van der Waals surface area contributed by atoms with Gasteiger partial charge >= 0.3 is 0 Å². The Labute approximate surface area is 101 Å². The summed E-state index contributed by atoms with van der Waals surface area (Å²) in [4.78, 5) is 4.43. The van der Waals surface area contributed by atoms with Crippen LogP contribution in [0.3, 0.4) is 0 Å². The summed E-state index contributed by atoms with van der Waals surface area (Å²) in [6, 6.07) is 4.02. The quantitative estimate of drug-likeness (QED) is 0.815. The maximum Gasteiger partial charge on any atom is 0.213 e. The van der Waals surface area contributed by atoms with E-state index in [9.17, 15) is 0 Å². The first-order valence-corrected chi connectivity index (χ1v) is 5.65. The van der Waals surface area contributed by atoms with E-state index < -0.39 is 0 Å². The Morgan fingerprint density at radius 1 is 1.24 bits per heavy atom. The number of pyridine rings is 1. The molecule has 0 amide bonds. The minimum absolute atomic E-state index is 0.375. The third-order valence-corrected chi connectivity index (χ3v) is 2.66. The summed E-state index contributed by atoms with van der Waals surface area (Å²) in [5, 5.41) is 4.18. The van der Waals surface area contributed by atoms with Crippen molar-refractivity contribution in [1.82, 2.24) is 14.8 Å². The first kappa shape index (κ1) is 11.6. The van der Waals surface area contributed by atoms with Gasteiger partial charge in [-0.25, -0.2) is 4.98 Å². The third kappa shape index (κ3) is 2.46. The molecule has 4 heteroatoms. The Kier molecular flexibility index (Phi) is 3.13. The summed E-state index contributed by atoms with van der Waals surface area (Å²) >= 11 is 0. The fourth-order valence-corrected chi connectivity index (χ4v) is 1.66. The van der Waals surface area contributed by atoms with Gasteiger partial charge in [0.2, 0.25) is 5.88 Å². The Morgan fingerprint density at radius 3 is 2.53 bits per heavy atom. The fourth-order valence-electron chi connectivity index (χ4n) is 1.66. The predicted molar refractivity (Wildman–Crippen MR) is 67.1 cm³/mol. The number of nitrogens with zero attached hydrogens (tertiary/aromatic N) is 3. The zero-order valence-electron chi connectivity index (χ0n) is 10.6. The highest BCUT2D eigenvalue weighted by Crippen LogP contribution is 2.26. The highest BCUT2D eigenvalue weighted by molar-refractivity contribution is 5.63. The maximum atomic E-state index is 5.24. The van der Waals surface area contributed by atoms with Crippen molar-refractivity contribution < 1.29 is 4.74 Å². The van der Waals surface area contributed by atoms with Crippen molar-refractivity contribution in [3.8, 4) is 17.0 Å². The van der Waals surface area contributed by atoms with Crippen molar-refractivity contribution in [3.05, 3.63) is 30.2 Å². The average molecular weight is 231 g/mol. The van der Waals surface area contributed by atoms with Gasteiger partial charge in [-0.2, -0.15) is 5.10 Å². The lowest BCUT2D eigenvalue weighted by Gasteiger charge is -2.09. The molecule has 0 aliphatic rings. The number of aromatic nitrogens is 3. The van der Waals surface area contributed by atoms with Gasteiger partial charge in [0.15, 0.2) is 0 Å². The highest BCUT2D eigenvalue weighted by Gasteiger charge is 2.09. The van der Waals surface area contributed by atoms with Gasteiger partial charge in [0.1, 0.15) is 0 Å². The summed E-state index contributed by atoms with van der Waals surface area (Å²) in [5.74, 6) is 1.02. The Morgan fingerprint density at radius 2 is 2.00 bits per heavy atom. The van der Waals surface area contributed by atoms with Crippen molar-refractivity contribution in [3.63, 3.8) is 0 Å². The van der Waals surface area contributed by atoms with Crippen LogP contribution in [0.4, 0.5) is 0 Å². The second-order valence-corrected chi connectivity index (χ2v) is 4.38. The van der Waals surface area contributed by atoms with E-state index in [-0.39, 0.29) is 0 Å². The van der Waals surface area contributed by atoms with Gasteiger partial charge in [-0.05, 0) is 17.5 Å². The normalized spacial score (nSPS) is 10.9. The molecule has 0 aliphatic heterocycles. The predicted octanol–water partition coefficient (Wildman–Crippen LogP) is 2.61. The summed E-state index contributed by atoms with van der Waals surface area (Å²) in [5.41, 5.74) is 3.20. The van der Waals surface area contributed by atoms with Crippen LogP contribution in [-0.4, -0.2) is 21.9 Å². The monoisotopic (exact) mass is 231 g/mol. The molecule has 2 heterocycles. The zero-order valence-corrected chi connectivity index (χ0v) is 10.6. The molecule has 0 aliphatic carbocycles. The van der Waals surface area contributed by atoms with Gasteiger partial charge in [0.05, 0.1) is 13.3 Å². The smallest absolute Gasteiger partial charge is 0.213 e. The summed E-state index contributed by atoms with van der Waals surface area (Å²) < 4.78 is 7.02. The molecule has 0 saturated carbocycles. The van der Waals surface area contributed by atoms with E-state index >= 15 is 0 Å². The van der Waals surface area contributed by atoms with Crippen molar-refractivity contribution in [2.24, 2.45) is 7.05 Å². The first-order valence-electron chi connectivity index (χ1n) is 5.65. The SMILES string of the molecule is COc1cc(-c2cnn(C)c2)cc(C(C)C)n1. The second-order valence-electron chi connectivity index (χ2n) is 4.38. The van der Waals surface area contributed by atoms with Crippen LogP contribution in [-0.2, 0) is 7.05 Å². The third-order valence-electron chi connectivity index (χ3n) is 2.66. The van der Waals surface area contributed by atoms with Crippen molar-refractivity contribution >= 4 is 0 Å². The number of rotatable bonds is 3. The summed E-state index contributed by atoms with van der Waals surface area (Å²) in [7, 11) is 3.55. The number of hydrogen-bond acceptors (Lipinski definition) is 3. The van der Waals surface area contributed by atoms with Crippen molar-refractivity contribution in [1.29, 1.82) is 0 Å². The Hall–Kier alpha value is -1.84. The van der Waals surface area contributed by atoms with E-state index in [0.29, 0.717) is 11.8 Å². The number of aryl methyl sites for hydroxylation is 1. The van der Waals surface area contributed by atoms with Crippen LogP contribution in [0.15, 0.2) is 24.5 Å². The first-order chi connectivity index (χ1) is 8.10. The largest absolute Gasteiger partial charge is 0.481 e. The minimum Gasteiger partial charge on any atom is -0.481 e. The van der Waals surface area contributed by atoms with Crippen molar-refractivity contribution in [2.75, 3.05) is 7.11 Å². The van der Waals surface area contributed by atoms with Crippen molar-refractivity contribution in [2.45, 2.75) is 19.8 Å². The van der Waals surface area contributed by atoms with Gasteiger partial charge in [-0.15, -0.1) is 0 Å². The van der Waals surface area contributed by atoms with Crippen LogP contribution in [0.5, 0.6) is 5.88 Å². The van der Waals surface area contributed by atoms with Gasteiger partial charge in [0.25, 0.3) is 0 Å². The highest BCUT2D eigenvalue weighted by atomic mass is 16.5. The molecule has 2 aromatic rings. The molecule has 2 aromatic heterocycles. The van der Waals surface area contributed by atoms with Crippen LogP contribution in [0, 0.1) is 0 Å². The molecule has 0 N–H and O–H groups in total. The van der Waals surface area contributed by atoms with Crippen LogP contribution in [0.1, 0.15) is 25.5 Å². The average Bonchev–Trinajstić information content (AvgIpc) is 2.75. The van der Waals surface area contributed by atoms with E-state index in [0.717, 1.165) is 16.8 Å². The maximum absolute atomic E-state index is 5.24. The van der Waals surface area contributed by atoms with Gasteiger partial charge < -0.3 is 4.74 Å². The van der Waals surface area contributed by atoms with E-state index in [1.165, 1.54) is 0 Å². The topological polar surface area (TPSA) is 39.9 Å². The van der Waals surface area contributed by atoms with Crippen LogP contribution in [0.2, 0.25) is 0 Å². The van der Waals surface area contributed by atoms with E-state index in [1.807, 2.05) is 25.5 Å². The number of methoxy groups -OCH3 is 1. The summed E-state index contributed by atoms with van der Waals surface area (Å²) in [6.07, 6.45) is 3.83. The molecule has 4 nitrogen and oxygen atoms in total. The molecular formula is C13H17N3O. The molecule has 0 bridgehead atoms. The molecule has 0 atom stereocenters. The molecule has 0 spiro atoms. The Balaban J connectivity index is 2.49. The lowest BCUT2D eigenvalue weighted by atomic mass is 10.0.